The molecule has 150 valence electrons. The summed E-state index contributed by atoms with van der Waals surface area (Å²) in [6.45, 7) is 2.78. The van der Waals surface area contributed by atoms with Crippen molar-refractivity contribution in [1.82, 2.24) is 9.97 Å². The minimum absolute atomic E-state index is 0.0798. The third kappa shape index (κ3) is 5.52. The van der Waals surface area contributed by atoms with Crippen LogP contribution in [0.4, 0.5) is 11.8 Å². The number of carbonyl (C=O) groups is 1. The van der Waals surface area contributed by atoms with Crippen LogP contribution in [0.25, 0.3) is 0 Å². The van der Waals surface area contributed by atoms with Crippen LogP contribution in [-0.2, 0) is 4.74 Å². The SMILES string of the molecule is CCOC1CCC(Nc2ncc(C(N)=O)c(N[C@@H]3CCC[C@H](O)C3)n2)CC1. The van der Waals surface area contributed by atoms with E-state index in [0.717, 1.165) is 51.6 Å². The Morgan fingerprint density at radius 3 is 2.67 bits per heavy atom. The molecule has 8 heteroatoms. The average Bonchev–Trinajstić information content (AvgIpc) is 2.63. The summed E-state index contributed by atoms with van der Waals surface area (Å²) < 4.78 is 5.69. The van der Waals surface area contributed by atoms with Crippen LogP contribution >= 0.6 is 0 Å². The molecule has 1 aromatic heterocycles. The van der Waals surface area contributed by atoms with Gasteiger partial charge in [-0.1, -0.05) is 0 Å². The van der Waals surface area contributed by atoms with Crippen LogP contribution < -0.4 is 16.4 Å². The van der Waals surface area contributed by atoms with Crippen molar-refractivity contribution in [1.29, 1.82) is 0 Å². The number of aromatic nitrogens is 2. The first-order chi connectivity index (χ1) is 13.0. The average molecular weight is 377 g/mol. The summed E-state index contributed by atoms with van der Waals surface area (Å²) >= 11 is 0. The van der Waals surface area contributed by atoms with Gasteiger partial charge in [0.05, 0.1) is 17.8 Å². The fourth-order valence-electron chi connectivity index (χ4n) is 4.02. The molecule has 2 aliphatic rings. The molecule has 1 heterocycles. The van der Waals surface area contributed by atoms with E-state index in [-0.39, 0.29) is 17.7 Å². The van der Waals surface area contributed by atoms with E-state index in [1.807, 2.05) is 6.92 Å². The predicted molar refractivity (Wildman–Crippen MR) is 104 cm³/mol. The largest absolute Gasteiger partial charge is 0.393 e. The second-order valence-electron chi connectivity index (χ2n) is 7.56. The van der Waals surface area contributed by atoms with E-state index in [0.29, 0.717) is 30.3 Å². The number of primary amides is 1. The van der Waals surface area contributed by atoms with E-state index in [1.165, 1.54) is 6.20 Å². The molecule has 0 aliphatic heterocycles. The van der Waals surface area contributed by atoms with Gasteiger partial charge in [-0.2, -0.15) is 4.98 Å². The van der Waals surface area contributed by atoms with E-state index < -0.39 is 5.91 Å². The molecule has 1 amide bonds. The van der Waals surface area contributed by atoms with Gasteiger partial charge in [-0.15, -0.1) is 0 Å². The maximum atomic E-state index is 11.7. The number of nitrogens with zero attached hydrogens (tertiary/aromatic N) is 2. The monoisotopic (exact) mass is 377 g/mol. The van der Waals surface area contributed by atoms with Gasteiger partial charge in [-0.3, -0.25) is 4.79 Å². The van der Waals surface area contributed by atoms with Gasteiger partial charge >= 0.3 is 0 Å². The normalized spacial score (nSPS) is 28.5. The molecule has 2 aliphatic carbocycles. The number of hydrogen-bond acceptors (Lipinski definition) is 7. The van der Waals surface area contributed by atoms with Gasteiger partial charge in [-0.25, -0.2) is 4.98 Å². The number of nitrogens with two attached hydrogens (primary N) is 1. The Labute approximate surface area is 160 Å². The maximum Gasteiger partial charge on any atom is 0.254 e. The molecule has 3 rings (SSSR count). The molecular weight excluding hydrogens is 346 g/mol. The van der Waals surface area contributed by atoms with Gasteiger partial charge in [0.2, 0.25) is 5.95 Å². The Balaban J connectivity index is 1.65. The number of rotatable bonds is 7. The molecule has 8 nitrogen and oxygen atoms in total. The quantitative estimate of drug-likeness (QED) is 0.573. The molecule has 0 spiro atoms. The van der Waals surface area contributed by atoms with Crippen LogP contribution in [0.1, 0.15) is 68.6 Å². The van der Waals surface area contributed by atoms with E-state index >= 15 is 0 Å². The third-order valence-electron chi connectivity index (χ3n) is 5.45. The fourth-order valence-corrected chi connectivity index (χ4v) is 4.02. The number of ether oxygens (including phenoxy) is 1. The van der Waals surface area contributed by atoms with Crippen LogP contribution in [0.3, 0.4) is 0 Å². The molecule has 0 radical (unpaired) electrons. The van der Waals surface area contributed by atoms with Crippen molar-refractivity contribution in [2.24, 2.45) is 5.73 Å². The Kier molecular flexibility index (Phi) is 6.84. The van der Waals surface area contributed by atoms with Crippen molar-refractivity contribution >= 4 is 17.7 Å². The maximum absolute atomic E-state index is 11.7. The van der Waals surface area contributed by atoms with Crippen LogP contribution in [-0.4, -0.2) is 51.9 Å². The predicted octanol–water partition coefficient (Wildman–Crippen LogP) is 2.05. The fraction of sp³-hybridized carbons (Fsp3) is 0.737. The molecule has 5 N–H and O–H groups in total. The van der Waals surface area contributed by atoms with Crippen molar-refractivity contribution in [2.75, 3.05) is 17.2 Å². The number of aliphatic hydroxyl groups excluding tert-OH is 1. The molecule has 0 aromatic carbocycles. The van der Waals surface area contributed by atoms with Gasteiger partial charge in [0.1, 0.15) is 5.82 Å². The lowest BCUT2D eigenvalue weighted by atomic mass is 9.93. The van der Waals surface area contributed by atoms with Crippen molar-refractivity contribution in [3.63, 3.8) is 0 Å². The highest BCUT2D eigenvalue weighted by molar-refractivity contribution is 5.97. The minimum atomic E-state index is -0.558. The van der Waals surface area contributed by atoms with Gasteiger partial charge < -0.3 is 26.2 Å². The summed E-state index contributed by atoms with van der Waals surface area (Å²) in [5.41, 5.74) is 5.76. The topological polar surface area (TPSA) is 122 Å². The molecule has 27 heavy (non-hydrogen) atoms. The van der Waals surface area contributed by atoms with E-state index in [1.54, 1.807) is 0 Å². The Morgan fingerprint density at radius 1 is 1.22 bits per heavy atom. The van der Waals surface area contributed by atoms with Crippen molar-refractivity contribution < 1.29 is 14.6 Å². The first-order valence-electron chi connectivity index (χ1n) is 10.0. The van der Waals surface area contributed by atoms with Crippen molar-refractivity contribution in [3.8, 4) is 0 Å². The minimum Gasteiger partial charge on any atom is -0.393 e. The summed E-state index contributed by atoms with van der Waals surface area (Å²) in [6.07, 6.45) is 8.92. The molecule has 2 atom stereocenters. The Morgan fingerprint density at radius 2 is 2.00 bits per heavy atom. The molecule has 0 unspecified atom stereocenters. The second kappa shape index (κ2) is 9.32. The van der Waals surface area contributed by atoms with Crippen LogP contribution in [0, 0.1) is 0 Å². The Hall–Kier alpha value is -1.93. The smallest absolute Gasteiger partial charge is 0.254 e. The van der Waals surface area contributed by atoms with E-state index in [2.05, 4.69) is 20.6 Å². The highest BCUT2D eigenvalue weighted by atomic mass is 16.5. The van der Waals surface area contributed by atoms with Gasteiger partial charge in [-0.05, 0) is 58.3 Å². The molecule has 0 bridgehead atoms. The zero-order chi connectivity index (χ0) is 19.2. The van der Waals surface area contributed by atoms with Gasteiger partial charge in [0.25, 0.3) is 5.91 Å². The number of anilines is 2. The molecule has 2 saturated carbocycles. The van der Waals surface area contributed by atoms with E-state index in [9.17, 15) is 9.90 Å². The van der Waals surface area contributed by atoms with Crippen LogP contribution in [0.2, 0.25) is 0 Å². The number of carbonyl (C=O) groups excluding carboxylic acids is 1. The van der Waals surface area contributed by atoms with Gasteiger partial charge in [0.15, 0.2) is 0 Å². The summed E-state index contributed by atoms with van der Waals surface area (Å²) in [7, 11) is 0. The summed E-state index contributed by atoms with van der Waals surface area (Å²) in [5.74, 6) is 0.387. The number of nitrogens with one attached hydrogen (secondary N) is 2. The van der Waals surface area contributed by atoms with Crippen molar-refractivity contribution in [2.45, 2.75) is 82.6 Å². The zero-order valence-corrected chi connectivity index (χ0v) is 16.0. The van der Waals surface area contributed by atoms with E-state index in [4.69, 9.17) is 10.5 Å². The highest BCUT2D eigenvalue weighted by Gasteiger charge is 2.24. The lowest BCUT2D eigenvalue weighted by molar-refractivity contribution is 0.0346. The van der Waals surface area contributed by atoms with Gasteiger partial charge in [0, 0.05) is 24.9 Å². The van der Waals surface area contributed by atoms with Crippen LogP contribution in [0.5, 0.6) is 0 Å². The number of aliphatic hydroxyl groups is 1. The lowest BCUT2D eigenvalue weighted by Gasteiger charge is -2.29. The first-order valence-corrected chi connectivity index (χ1v) is 10.0. The standard InChI is InChI=1S/C19H31N5O3/c1-2-27-15-8-6-12(7-9-15)23-19-21-11-16(17(20)26)18(24-19)22-13-4-3-5-14(25)10-13/h11-15,25H,2-10H2,1H3,(H2,20,26)(H2,21,22,23,24)/t12?,13-,14+,15?/m1/s1. The highest BCUT2D eigenvalue weighted by Crippen LogP contribution is 2.26. The summed E-state index contributed by atoms with van der Waals surface area (Å²) in [5, 5.41) is 16.5. The number of hydrogen-bond donors (Lipinski definition) is 4. The third-order valence-corrected chi connectivity index (χ3v) is 5.45. The summed E-state index contributed by atoms with van der Waals surface area (Å²) in [4.78, 5) is 20.5. The van der Waals surface area contributed by atoms with Crippen LogP contribution in [0.15, 0.2) is 6.20 Å². The second-order valence-corrected chi connectivity index (χ2v) is 7.56. The molecule has 1 aromatic rings. The molecular formula is C19H31N5O3. The Bertz CT molecular complexity index is 634. The number of amides is 1. The lowest BCUT2D eigenvalue weighted by Crippen LogP contribution is -2.32. The molecule has 2 fully saturated rings. The van der Waals surface area contributed by atoms with Crippen molar-refractivity contribution in [3.05, 3.63) is 11.8 Å². The molecule has 0 saturated heterocycles. The summed E-state index contributed by atoms with van der Waals surface area (Å²) in [6, 6.07) is 0.377. The first kappa shape index (κ1) is 19.8. The zero-order valence-electron chi connectivity index (χ0n) is 16.0.